The van der Waals surface area contributed by atoms with E-state index < -0.39 is 44.0 Å². The van der Waals surface area contributed by atoms with Crippen LogP contribution in [-0.4, -0.2) is 61.8 Å². The first-order chi connectivity index (χ1) is 17.9. The fraction of sp³-hybridized carbons (Fsp3) is 0.417. The summed E-state index contributed by atoms with van der Waals surface area (Å²) < 4.78 is 54.5. The summed E-state index contributed by atoms with van der Waals surface area (Å²) in [7, 11) is -7.63. The largest absolute Gasteiger partial charge is 0.349 e. The quantitative estimate of drug-likeness (QED) is 0.421. The minimum absolute atomic E-state index is 0.0176. The average molecular weight is 564 g/mol. The lowest BCUT2D eigenvalue weighted by Crippen LogP contribution is -2.51. The van der Waals surface area contributed by atoms with Crippen molar-refractivity contribution >= 4 is 32.0 Å². The van der Waals surface area contributed by atoms with Crippen molar-refractivity contribution in [1.82, 2.24) is 24.9 Å². The Morgan fingerprint density at radius 3 is 2.66 bits per heavy atom. The molecule has 1 aromatic heterocycles. The molecule has 2 amide bonds. The molecule has 12 nitrogen and oxygen atoms in total. The van der Waals surface area contributed by atoms with E-state index in [1.54, 1.807) is 18.3 Å². The molecule has 2 aromatic rings. The van der Waals surface area contributed by atoms with Crippen LogP contribution in [0.2, 0.25) is 0 Å². The van der Waals surface area contributed by atoms with E-state index in [0.717, 1.165) is 33.8 Å². The Bertz CT molecular complexity index is 1460. The van der Waals surface area contributed by atoms with Crippen LogP contribution in [0.1, 0.15) is 47.9 Å². The maximum Gasteiger partial charge on any atom is 0.264 e. The number of aromatic nitrogens is 2. The Morgan fingerprint density at radius 1 is 1.21 bits per heavy atom. The zero-order valence-electron chi connectivity index (χ0n) is 21.0. The molecule has 2 heterocycles. The van der Waals surface area contributed by atoms with Gasteiger partial charge in [-0.2, -0.15) is 8.42 Å². The molecule has 0 saturated carbocycles. The number of fused-ring (bicyclic) bond motifs is 1. The van der Waals surface area contributed by atoms with Crippen molar-refractivity contribution in [3.63, 3.8) is 0 Å². The molecule has 1 aromatic carbocycles. The van der Waals surface area contributed by atoms with Gasteiger partial charge in [0, 0.05) is 36.3 Å². The molecule has 0 fully saturated rings. The van der Waals surface area contributed by atoms with Gasteiger partial charge in [-0.25, -0.2) is 18.4 Å². The predicted molar refractivity (Wildman–Crippen MR) is 136 cm³/mol. The molecule has 2 aliphatic rings. The Balaban J connectivity index is 1.46. The van der Waals surface area contributed by atoms with Crippen molar-refractivity contribution in [3.8, 4) is 0 Å². The van der Waals surface area contributed by atoms with Gasteiger partial charge in [-0.1, -0.05) is 17.7 Å². The normalized spacial score (nSPS) is 19.5. The number of rotatable bonds is 9. The maximum atomic E-state index is 13.3. The number of benzene rings is 1. The third-order valence-electron chi connectivity index (χ3n) is 6.22. The van der Waals surface area contributed by atoms with Crippen molar-refractivity contribution in [2.24, 2.45) is 0 Å². The van der Waals surface area contributed by atoms with E-state index >= 15 is 0 Å². The SMILES string of the molecule is Cc1ccc(S(=O)(=O)N2C=CNC(=O)[C@@H]2CC(=O)N[C@@H]2CCCc3nc(CCOS(C)(=O)=O)ncc32)cc1. The number of hydrogen-bond acceptors (Lipinski definition) is 9. The van der Waals surface area contributed by atoms with Gasteiger partial charge in [-0.05, 0) is 38.3 Å². The molecule has 1 aliphatic carbocycles. The second-order valence-corrected chi connectivity index (χ2v) is 12.7. The van der Waals surface area contributed by atoms with Crippen LogP contribution in [0.15, 0.2) is 47.8 Å². The van der Waals surface area contributed by atoms with Crippen LogP contribution in [-0.2, 0) is 46.8 Å². The minimum atomic E-state index is -4.07. The number of amides is 2. The van der Waals surface area contributed by atoms with E-state index in [9.17, 15) is 26.4 Å². The summed E-state index contributed by atoms with van der Waals surface area (Å²) in [6.45, 7) is 1.76. The monoisotopic (exact) mass is 563 g/mol. The van der Waals surface area contributed by atoms with Crippen LogP contribution in [0.5, 0.6) is 0 Å². The molecule has 0 spiro atoms. The van der Waals surface area contributed by atoms with Crippen LogP contribution < -0.4 is 10.6 Å². The Morgan fingerprint density at radius 2 is 1.95 bits per heavy atom. The molecule has 14 heteroatoms. The van der Waals surface area contributed by atoms with Crippen molar-refractivity contribution < 1.29 is 30.6 Å². The van der Waals surface area contributed by atoms with E-state index in [1.165, 1.54) is 24.5 Å². The van der Waals surface area contributed by atoms with Gasteiger partial charge < -0.3 is 10.6 Å². The van der Waals surface area contributed by atoms with Crippen LogP contribution in [0, 0.1) is 6.92 Å². The van der Waals surface area contributed by atoms with E-state index in [4.69, 9.17) is 4.18 Å². The highest BCUT2D eigenvalue weighted by molar-refractivity contribution is 7.89. The van der Waals surface area contributed by atoms with Crippen LogP contribution in [0.25, 0.3) is 0 Å². The summed E-state index contributed by atoms with van der Waals surface area (Å²) in [5.74, 6) is -0.665. The number of nitrogens with zero attached hydrogens (tertiary/aromatic N) is 3. The first-order valence-electron chi connectivity index (χ1n) is 12.0. The number of sulfonamides is 1. The second kappa shape index (κ2) is 11.2. The van der Waals surface area contributed by atoms with Crippen LogP contribution >= 0.6 is 0 Å². The first kappa shape index (κ1) is 27.7. The summed E-state index contributed by atoms with van der Waals surface area (Å²) in [6, 6.07) is 4.58. The van der Waals surface area contributed by atoms with Crippen molar-refractivity contribution in [3.05, 3.63) is 65.5 Å². The summed E-state index contributed by atoms with van der Waals surface area (Å²) >= 11 is 0. The highest BCUT2D eigenvalue weighted by Gasteiger charge is 2.37. The van der Waals surface area contributed by atoms with E-state index in [-0.39, 0.29) is 24.3 Å². The van der Waals surface area contributed by atoms with Crippen molar-refractivity contribution in [2.45, 2.75) is 56.0 Å². The lowest BCUT2D eigenvalue weighted by molar-refractivity contribution is -0.129. The zero-order valence-corrected chi connectivity index (χ0v) is 22.6. The van der Waals surface area contributed by atoms with Crippen LogP contribution in [0.4, 0.5) is 0 Å². The van der Waals surface area contributed by atoms with Gasteiger partial charge in [-0.3, -0.25) is 18.1 Å². The molecule has 2 N–H and O–H groups in total. The Hall–Kier alpha value is -3.36. The Kier molecular flexibility index (Phi) is 8.13. The molecule has 0 unspecified atom stereocenters. The summed E-state index contributed by atoms with van der Waals surface area (Å²) in [4.78, 5) is 34.5. The first-order valence-corrected chi connectivity index (χ1v) is 15.3. The lowest BCUT2D eigenvalue weighted by atomic mass is 9.92. The smallest absolute Gasteiger partial charge is 0.264 e. The standard InChI is InChI=1S/C24H29N5O7S2/c1-16-6-8-17(9-7-16)38(34,35)29-12-11-25-24(31)21(29)14-23(30)28-20-5-3-4-19-18(20)15-26-22(27-19)10-13-36-37(2,32)33/h6-9,11-12,15,20-21H,3-5,10,13-14H2,1-2H3,(H,25,31)(H,28,30)/t20-,21+/m1/s1. The van der Waals surface area contributed by atoms with Gasteiger partial charge in [0.05, 0.1) is 30.2 Å². The molecule has 0 bridgehead atoms. The number of nitrogens with one attached hydrogen (secondary N) is 2. The van der Waals surface area contributed by atoms with E-state index in [0.29, 0.717) is 18.7 Å². The second-order valence-electron chi connectivity index (χ2n) is 9.17. The summed E-state index contributed by atoms with van der Waals surface area (Å²) in [5.41, 5.74) is 2.36. The molecule has 0 radical (unpaired) electrons. The third-order valence-corrected chi connectivity index (χ3v) is 8.62. The summed E-state index contributed by atoms with van der Waals surface area (Å²) in [6.07, 6.45) is 6.92. The highest BCUT2D eigenvalue weighted by Crippen LogP contribution is 2.29. The molecule has 38 heavy (non-hydrogen) atoms. The lowest BCUT2D eigenvalue weighted by Gasteiger charge is -2.32. The zero-order chi connectivity index (χ0) is 27.5. The molecule has 1 aliphatic heterocycles. The molecule has 204 valence electrons. The highest BCUT2D eigenvalue weighted by atomic mass is 32.2. The molecule has 0 saturated heterocycles. The predicted octanol–water partition coefficient (Wildman–Crippen LogP) is 0.848. The number of hydrogen-bond donors (Lipinski definition) is 2. The molecular weight excluding hydrogens is 534 g/mol. The van der Waals surface area contributed by atoms with Gasteiger partial charge >= 0.3 is 0 Å². The summed E-state index contributed by atoms with van der Waals surface area (Å²) in [5, 5.41) is 5.37. The Labute approximate surface area is 221 Å². The molecule has 4 rings (SSSR count). The van der Waals surface area contributed by atoms with Gasteiger partial charge in [0.25, 0.3) is 20.1 Å². The van der Waals surface area contributed by atoms with Gasteiger partial charge in [0.1, 0.15) is 11.9 Å². The van der Waals surface area contributed by atoms with E-state index in [2.05, 4.69) is 20.6 Å². The molecular formula is C24H29N5O7S2. The fourth-order valence-corrected chi connectivity index (χ4v) is 6.18. The van der Waals surface area contributed by atoms with Crippen LogP contribution in [0.3, 0.4) is 0 Å². The number of carbonyl (C=O) groups excluding carboxylic acids is 2. The minimum Gasteiger partial charge on any atom is -0.349 e. The van der Waals surface area contributed by atoms with Gasteiger partial charge in [0.15, 0.2) is 0 Å². The maximum absolute atomic E-state index is 13.3. The fourth-order valence-electron chi connectivity index (χ4n) is 4.34. The van der Waals surface area contributed by atoms with Crippen molar-refractivity contribution in [2.75, 3.05) is 12.9 Å². The van der Waals surface area contributed by atoms with Crippen molar-refractivity contribution in [1.29, 1.82) is 0 Å². The third kappa shape index (κ3) is 6.55. The van der Waals surface area contributed by atoms with Gasteiger partial charge in [-0.15, -0.1) is 0 Å². The van der Waals surface area contributed by atoms with Gasteiger partial charge in [0.2, 0.25) is 11.8 Å². The average Bonchev–Trinajstić information content (AvgIpc) is 2.85. The van der Waals surface area contributed by atoms with E-state index in [1.807, 2.05) is 6.92 Å². The topological polar surface area (TPSA) is 165 Å². The number of carbonyl (C=O) groups is 2. The molecule has 2 atom stereocenters. The number of aryl methyl sites for hydroxylation is 2.